The minimum Gasteiger partial charge on any atom is -0.507 e. The summed E-state index contributed by atoms with van der Waals surface area (Å²) in [6.45, 7) is 2.74. The van der Waals surface area contributed by atoms with Gasteiger partial charge in [0.1, 0.15) is 5.75 Å². The standard InChI is InChI=1S/C20H24O7/c1-5-9-20(18(22)24-3,19(23)25-4)12-13-11-15(26-6-2)17-14(16(13)21)8-7-10-27-17/h1,11,21H,6-10,12H2,2-4H3. The first-order chi connectivity index (χ1) is 12.9. The van der Waals surface area contributed by atoms with Crippen molar-refractivity contribution in [3.05, 3.63) is 17.2 Å². The van der Waals surface area contributed by atoms with Crippen LogP contribution in [0, 0.1) is 17.8 Å². The van der Waals surface area contributed by atoms with Gasteiger partial charge in [0.25, 0.3) is 0 Å². The molecule has 146 valence electrons. The Labute approximate surface area is 158 Å². The van der Waals surface area contributed by atoms with Gasteiger partial charge in [0, 0.05) is 18.4 Å². The molecule has 1 aromatic rings. The number of ether oxygens (including phenoxy) is 4. The lowest BCUT2D eigenvalue weighted by Crippen LogP contribution is -2.43. The highest BCUT2D eigenvalue weighted by atomic mass is 16.5. The second-order valence-corrected chi connectivity index (χ2v) is 6.20. The summed E-state index contributed by atoms with van der Waals surface area (Å²) >= 11 is 0. The van der Waals surface area contributed by atoms with Crippen LogP contribution in [0.4, 0.5) is 0 Å². The molecule has 1 heterocycles. The van der Waals surface area contributed by atoms with Crippen LogP contribution in [-0.2, 0) is 31.9 Å². The molecule has 7 nitrogen and oxygen atoms in total. The van der Waals surface area contributed by atoms with Gasteiger partial charge < -0.3 is 24.1 Å². The predicted octanol–water partition coefficient (Wildman–Crippen LogP) is 2.01. The van der Waals surface area contributed by atoms with E-state index in [-0.39, 0.29) is 18.6 Å². The fraction of sp³-hybridized carbons (Fsp3) is 0.500. The molecule has 7 heteroatoms. The first-order valence-electron chi connectivity index (χ1n) is 8.68. The molecule has 0 atom stereocenters. The van der Waals surface area contributed by atoms with Gasteiger partial charge in [-0.3, -0.25) is 9.59 Å². The van der Waals surface area contributed by atoms with Gasteiger partial charge in [-0.2, -0.15) is 0 Å². The number of phenols is 1. The predicted molar refractivity (Wildman–Crippen MR) is 96.7 cm³/mol. The number of methoxy groups -OCH3 is 2. The van der Waals surface area contributed by atoms with Gasteiger partial charge in [-0.05, 0) is 31.4 Å². The Kier molecular flexibility index (Phi) is 6.56. The van der Waals surface area contributed by atoms with Crippen molar-refractivity contribution in [3.63, 3.8) is 0 Å². The van der Waals surface area contributed by atoms with E-state index >= 15 is 0 Å². The van der Waals surface area contributed by atoms with Crippen LogP contribution in [0.15, 0.2) is 6.07 Å². The molecule has 0 unspecified atom stereocenters. The molecule has 1 N–H and O–H groups in total. The molecule has 27 heavy (non-hydrogen) atoms. The van der Waals surface area contributed by atoms with Crippen LogP contribution in [0.2, 0.25) is 0 Å². The van der Waals surface area contributed by atoms with Gasteiger partial charge in [-0.25, -0.2) is 0 Å². The molecule has 0 spiro atoms. The van der Waals surface area contributed by atoms with Crippen LogP contribution in [0.5, 0.6) is 17.2 Å². The molecular weight excluding hydrogens is 352 g/mol. The molecule has 0 amide bonds. The minimum atomic E-state index is -1.76. The molecular formula is C20H24O7. The van der Waals surface area contributed by atoms with Gasteiger partial charge in [0.15, 0.2) is 16.9 Å². The van der Waals surface area contributed by atoms with Gasteiger partial charge >= 0.3 is 11.9 Å². The largest absolute Gasteiger partial charge is 0.507 e. The smallest absolute Gasteiger partial charge is 0.324 e. The van der Waals surface area contributed by atoms with Crippen LogP contribution < -0.4 is 9.47 Å². The zero-order valence-electron chi connectivity index (χ0n) is 15.8. The monoisotopic (exact) mass is 376 g/mol. The lowest BCUT2D eigenvalue weighted by molar-refractivity contribution is -0.168. The van der Waals surface area contributed by atoms with E-state index in [0.29, 0.717) is 42.3 Å². The molecule has 0 aromatic heterocycles. The quantitative estimate of drug-likeness (QED) is 0.442. The van der Waals surface area contributed by atoms with Crippen molar-refractivity contribution >= 4 is 11.9 Å². The zero-order chi connectivity index (χ0) is 20.0. The average Bonchev–Trinajstić information content (AvgIpc) is 2.69. The molecule has 0 fully saturated rings. The average molecular weight is 376 g/mol. The number of phenolic OH excluding ortho intramolecular Hbond substituents is 1. The lowest BCUT2D eigenvalue weighted by Gasteiger charge is -2.28. The third-order valence-corrected chi connectivity index (χ3v) is 4.56. The summed E-state index contributed by atoms with van der Waals surface area (Å²) in [4.78, 5) is 25.0. The second-order valence-electron chi connectivity index (χ2n) is 6.20. The zero-order valence-corrected chi connectivity index (χ0v) is 15.8. The van der Waals surface area contributed by atoms with Crippen molar-refractivity contribution in [2.45, 2.75) is 32.6 Å². The molecule has 2 rings (SSSR count). The summed E-state index contributed by atoms with van der Waals surface area (Å²) in [5.41, 5.74) is -0.830. The van der Waals surface area contributed by atoms with Gasteiger partial charge in [-0.1, -0.05) is 0 Å². The summed E-state index contributed by atoms with van der Waals surface area (Å²) < 4.78 is 20.9. The summed E-state index contributed by atoms with van der Waals surface area (Å²) in [5.74, 6) is 1.60. The number of carbonyl (C=O) groups excluding carboxylic acids is 2. The lowest BCUT2D eigenvalue weighted by atomic mass is 9.78. The van der Waals surface area contributed by atoms with E-state index in [0.717, 1.165) is 6.42 Å². The molecule has 1 aliphatic heterocycles. The van der Waals surface area contributed by atoms with Crippen LogP contribution in [0.25, 0.3) is 0 Å². The highest BCUT2D eigenvalue weighted by Gasteiger charge is 2.49. The third kappa shape index (κ3) is 3.80. The topological polar surface area (TPSA) is 91.3 Å². The summed E-state index contributed by atoms with van der Waals surface area (Å²) in [5, 5.41) is 10.8. The van der Waals surface area contributed by atoms with Gasteiger partial charge in [-0.15, -0.1) is 12.3 Å². The van der Waals surface area contributed by atoms with Crippen molar-refractivity contribution in [2.24, 2.45) is 5.41 Å². The first kappa shape index (κ1) is 20.4. The fourth-order valence-corrected chi connectivity index (χ4v) is 3.28. The number of rotatable bonds is 7. The number of aromatic hydroxyl groups is 1. The Morgan fingerprint density at radius 1 is 1.33 bits per heavy atom. The Balaban J connectivity index is 2.60. The SMILES string of the molecule is C#CCC(Cc1cc(OCC)c2c(c1O)CCCO2)(C(=O)OC)C(=O)OC. The maximum Gasteiger partial charge on any atom is 0.324 e. The molecule has 1 aromatic carbocycles. The fourth-order valence-electron chi connectivity index (χ4n) is 3.28. The summed E-state index contributed by atoms with van der Waals surface area (Å²) in [6.07, 6.45) is 6.32. The van der Waals surface area contributed by atoms with Gasteiger partial charge in [0.2, 0.25) is 0 Å². The van der Waals surface area contributed by atoms with E-state index in [2.05, 4.69) is 5.92 Å². The van der Waals surface area contributed by atoms with E-state index in [1.165, 1.54) is 14.2 Å². The van der Waals surface area contributed by atoms with E-state index in [9.17, 15) is 14.7 Å². The molecule has 0 saturated heterocycles. The number of terminal acetylenes is 1. The molecule has 1 aliphatic rings. The van der Waals surface area contributed by atoms with E-state index in [1.807, 2.05) is 6.92 Å². The van der Waals surface area contributed by atoms with Crippen molar-refractivity contribution in [1.29, 1.82) is 0 Å². The third-order valence-electron chi connectivity index (χ3n) is 4.56. The number of benzene rings is 1. The first-order valence-corrected chi connectivity index (χ1v) is 8.68. The number of hydrogen-bond acceptors (Lipinski definition) is 7. The molecule has 0 radical (unpaired) electrons. The Morgan fingerprint density at radius 3 is 2.56 bits per heavy atom. The Morgan fingerprint density at radius 2 is 2.00 bits per heavy atom. The number of esters is 2. The summed E-state index contributed by atoms with van der Waals surface area (Å²) in [6, 6.07) is 1.57. The van der Waals surface area contributed by atoms with Crippen LogP contribution in [0.3, 0.4) is 0 Å². The van der Waals surface area contributed by atoms with E-state index in [4.69, 9.17) is 25.4 Å². The van der Waals surface area contributed by atoms with Crippen LogP contribution in [-0.4, -0.2) is 44.5 Å². The minimum absolute atomic E-state index is 0.0395. The Bertz CT molecular complexity index is 745. The van der Waals surface area contributed by atoms with Crippen molar-refractivity contribution in [3.8, 4) is 29.6 Å². The van der Waals surface area contributed by atoms with Gasteiger partial charge in [0.05, 0.1) is 27.4 Å². The Hall–Kier alpha value is -2.88. The normalized spacial score (nSPS) is 13.0. The molecule has 0 aliphatic carbocycles. The van der Waals surface area contributed by atoms with E-state index < -0.39 is 17.4 Å². The maximum absolute atomic E-state index is 12.5. The molecule has 0 saturated carbocycles. The number of fused-ring (bicyclic) bond motifs is 1. The second kappa shape index (κ2) is 8.67. The highest BCUT2D eigenvalue weighted by Crippen LogP contribution is 2.45. The van der Waals surface area contributed by atoms with Crippen LogP contribution >= 0.6 is 0 Å². The van der Waals surface area contributed by atoms with Crippen LogP contribution in [0.1, 0.15) is 30.9 Å². The molecule has 0 bridgehead atoms. The van der Waals surface area contributed by atoms with Crippen molar-refractivity contribution in [1.82, 2.24) is 0 Å². The maximum atomic E-state index is 12.5. The number of hydrogen-bond donors (Lipinski definition) is 1. The number of carbonyl (C=O) groups is 2. The van der Waals surface area contributed by atoms with Crippen molar-refractivity contribution in [2.75, 3.05) is 27.4 Å². The van der Waals surface area contributed by atoms with Crippen molar-refractivity contribution < 1.29 is 33.6 Å². The summed E-state index contributed by atoms with van der Waals surface area (Å²) in [7, 11) is 2.34. The van der Waals surface area contributed by atoms with E-state index in [1.54, 1.807) is 6.07 Å². The highest BCUT2D eigenvalue weighted by molar-refractivity contribution is 6.00.